The van der Waals surface area contributed by atoms with Crippen molar-refractivity contribution >= 4 is 0 Å². The number of ether oxygens (including phenoxy) is 3. The quantitative estimate of drug-likeness (QED) is 0.309. The Morgan fingerprint density at radius 2 is 1.83 bits per heavy atom. The summed E-state index contributed by atoms with van der Waals surface area (Å²) in [6, 6.07) is -1.85. The first kappa shape index (κ1) is 20.0. The number of hydrogen-bond acceptors (Lipinski definition) is 9. The Kier molecular flexibility index (Phi) is 6.94. The van der Waals surface area contributed by atoms with Crippen LogP contribution < -0.4 is 22.5 Å². The molecule has 142 valence electrons. The van der Waals surface area contributed by atoms with Crippen molar-refractivity contribution in [2.24, 2.45) is 17.2 Å². The molecule has 9 N–H and O–H groups in total. The van der Waals surface area contributed by atoms with Gasteiger partial charge in [-0.05, 0) is 26.8 Å². The van der Waals surface area contributed by atoms with Gasteiger partial charge in [0.25, 0.3) is 0 Å². The zero-order chi connectivity index (χ0) is 18.0. The summed E-state index contributed by atoms with van der Waals surface area (Å²) >= 11 is 0. The summed E-state index contributed by atoms with van der Waals surface area (Å²) in [5.74, 6) is 0. The fourth-order valence-electron chi connectivity index (χ4n) is 3.55. The zero-order valence-corrected chi connectivity index (χ0v) is 14.5. The highest BCUT2D eigenvalue weighted by Crippen LogP contribution is 2.28. The highest BCUT2D eigenvalue weighted by Gasteiger charge is 2.50. The van der Waals surface area contributed by atoms with Crippen molar-refractivity contribution in [1.82, 2.24) is 5.32 Å². The molecule has 2 rings (SSSR count). The third-order valence-corrected chi connectivity index (χ3v) is 5.10. The number of likely N-dealkylation sites (N-methyl/N-ethyl adjacent to an activating group) is 1. The van der Waals surface area contributed by atoms with Gasteiger partial charge in [-0.15, -0.1) is 0 Å². The molecule has 10 atom stereocenters. The van der Waals surface area contributed by atoms with Gasteiger partial charge in [-0.25, -0.2) is 0 Å². The van der Waals surface area contributed by atoms with E-state index >= 15 is 0 Å². The standard InChI is InChI=1S/C15H32N4O5/c1-6(16)8-5-4-7(17)15(23-8)24-13-9(18)11(20)14(22-3)10(19-2)12(13)21/h6-15,19-21H,4-5,16-18H2,1-3H3/t6-,7?,8?,9?,10?,11?,12?,13?,14?,15?/m0/s1. The summed E-state index contributed by atoms with van der Waals surface area (Å²) in [6.07, 6.45) is -2.90. The van der Waals surface area contributed by atoms with Crippen LogP contribution >= 0.6 is 0 Å². The molecular formula is C15H32N4O5. The monoisotopic (exact) mass is 348 g/mol. The molecule has 1 saturated carbocycles. The van der Waals surface area contributed by atoms with E-state index in [-0.39, 0.29) is 18.2 Å². The van der Waals surface area contributed by atoms with Crippen LogP contribution in [-0.2, 0) is 14.2 Å². The number of aliphatic hydroxyl groups is 2. The van der Waals surface area contributed by atoms with Gasteiger partial charge in [-0.3, -0.25) is 0 Å². The van der Waals surface area contributed by atoms with Crippen molar-refractivity contribution in [2.45, 2.75) is 80.7 Å². The molecule has 0 bridgehead atoms. The smallest absolute Gasteiger partial charge is 0.173 e. The van der Waals surface area contributed by atoms with Crippen LogP contribution in [0.1, 0.15) is 19.8 Å². The molecule has 24 heavy (non-hydrogen) atoms. The maximum Gasteiger partial charge on any atom is 0.173 e. The highest BCUT2D eigenvalue weighted by molar-refractivity contribution is 5.05. The maximum absolute atomic E-state index is 10.6. The van der Waals surface area contributed by atoms with Gasteiger partial charge < -0.3 is 46.9 Å². The predicted octanol–water partition coefficient (Wildman–Crippen LogP) is -2.78. The Morgan fingerprint density at radius 1 is 1.17 bits per heavy atom. The second-order valence-electron chi connectivity index (χ2n) is 6.82. The SMILES string of the molecule is CNC1C(O)C(OC2OC([C@H](C)N)CCC2N)C(N)C(O)C1OC. The predicted molar refractivity (Wildman–Crippen MR) is 88.0 cm³/mol. The number of methoxy groups -OCH3 is 1. The molecule has 1 heterocycles. The molecule has 0 amide bonds. The van der Waals surface area contributed by atoms with Gasteiger partial charge in [-0.2, -0.15) is 0 Å². The number of nitrogens with two attached hydrogens (primary N) is 3. The first-order valence-electron chi connectivity index (χ1n) is 8.45. The van der Waals surface area contributed by atoms with E-state index in [1.165, 1.54) is 7.11 Å². The van der Waals surface area contributed by atoms with Gasteiger partial charge in [0, 0.05) is 13.2 Å². The number of aliphatic hydroxyl groups excluding tert-OH is 2. The third kappa shape index (κ3) is 3.90. The Bertz CT molecular complexity index is 402. The van der Waals surface area contributed by atoms with Crippen molar-refractivity contribution in [2.75, 3.05) is 14.2 Å². The highest BCUT2D eigenvalue weighted by atomic mass is 16.7. The fourth-order valence-corrected chi connectivity index (χ4v) is 3.55. The number of nitrogens with one attached hydrogen (secondary N) is 1. The Balaban J connectivity index is 2.11. The van der Waals surface area contributed by atoms with Crippen LogP contribution in [0.25, 0.3) is 0 Å². The molecule has 1 aliphatic heterocycles. The van der Waals surface area contributed by atoms with E-state index in [2.05, 4.69) is 5.32 Å². The third-order valence-electron chi connectivity index (χ3n) is 5.10. The van der Waals surface area contributed by atoms with E-state index in [1.54, 1.807) is 7.05 Å². The summed E-state index contributed by atoms with van der Waals surface area (Å²) in [5.41, 5.74) is 18.1. The largest absolute Gasteiger partial charge is 0.389 e. The molecule has 0 aromatic rings. The Hall–Kier alpha value is -0.360. The number of hydrogen-bond donors (Lipinski definition) is 6. The molecule has 0 radical (unpaired) electrons. The van der Waals surface area contributed by atoms with Crippen molar-refractivity contribution in [3.63, 3.8) is 0 Å². The van der Waals surface area contributed by atoms with Crippen LogP contribution in [0.15, 0.2) is 0 Å². The first-order chi connectivity index (χ1) is 11.3. The molecule has 2 fully saturated rings. The van der Waals surface area contributed by atoms with E-state index in [4.69, 9.17) is 31.4 Å². The van der Waals surface area contributed by atoms with Crippen LogP contribution in [0.2, 0.25) is 0 Å². The molecule has 0 aromatic carbocycles. The van der Waals surface area contributed by atoms with Crippen molar-refractivity contribution in [3.8, 4) is 0 Å². The second kappa shape index (κ2) is 8.35. The molecule has 1 aliphatic carbocycles. The van der Waals surface area contributed by atoms with Crippen LogP contribution in [0.4, 0.5) is 0 Å². The van der Waals surface area contributed by atoms with E-state index in [1.807, 2.05) is 6.92 Å². The van der Waals surface area contributed by atoms with Gasteiger partial charge >= 0.3 is 0 Å². The lowest BCUT2D eigenvalue weighted by atomic mass is 9.81. The van der Waals surface area contributed by atoms with E-state index in [0.717, 1.165) is 6.42 Å². The molecule has 2 aliphatic rings. The van der Waals surface area contributed by atoms with Crippen molar-refractivity contribution in [1.29, 1.82) is 0 Å². The van der Waals surface area contributed by atoms with Crippen molar-refractivity contribution < 1.29 is 24.4 Å². The minimum Gasteiger partial charge on any atom is -0.389 e. The van der Waals surface area contributed by atoms with Gasteiger partial charge in [-0.1, -0.05) is 0 Å². The number of rotatable bonds is 5. The summed E-state index contributed by atoms with van der Waals surface area (Å²) in [5, 5.41) is 24.0. The molecule has 9 heteroatoms. The molecular weight excluding hydrogens is 316 g/mol. The van der Waals surface area contributed by atoms with E-state index in [9.17, 15) is 10.2 Å². The average molecular weight is 348 g/mol. The minimum atomic E-state index is -0.995. The lowest BCUT2D eigenvalue weighted by Gasteiger charge is -2.47. The second-order valence-corrected chi connectivity index (χ2v) is 6.82. The molecule has 9 unspecified atom stereocenters. The summed E-state index contributed by atoms with van der Waals surface area (Å²) in [6.45, 7) is 1.86. The van der Waals surface area contributed by atoms with Crippen molar-refractivity contribution in [3.05, 3.63) is 0 Å². The van der Waals surface area contributed by atoms with Crippen LogP contribution in [0.3, 0.4) is 0 Å². The summed E-state index contributed by atoms with van der Waals surface area (Å²) in [7, 11) is 3.14. The normalized spacial score (nSPS) is 48.2. The maximum atomic E-state index is 10.6. The first-order valence-corrected chi connectivity index (χ1v) is 8.45. The molecule has 9 nitrogen and oxygen atoms in total. The van der Waals surface area contributed by atoms with Gasteiger partial charge in [0.15, 0.2) is 6.29 Å². The van der Waals surface area contributed by atoms with Crippen LogP contribution in [-0.4, -0.2) is 85.3 Å². The minimum absolute atomic E-state index is 0.151. The molecule has 0 aromatic heterocycles. The summed E-state index contributed by atoms with van der Waals surface area (Å²) < 4.78 is 17.0. The van der Waals surface area contributed by atoms with Crippen LogP contribution in [0.5, 0.6) is 0 Å². The Morgan fingerprint density at radius 3 is 2.38 bits per heavy atom. The van der Waals surface area contributed by atoms with Crippen LogP contribution in [0, 0.1) is 0 Å². The average Bonchev–Trinajstić information content (AvgIpc) is 2.55. The van der Waals surface area contributed by atoms with E-state index in [0.29, 0.717) is 6.42 Å². The Labute approximate surface area is 142 Å². The fraction of sp³-hybridized carbons (Fsp3) is 1.00. The van der Waals surface area contributed by atoms with E-state index < -0.39 is 42.8 Å². The van der Waals surface area contributed by atoms with Gasteiger partial charge in [0.05, 0.1) is 36.4 Å². The molecule has 0 spiro atoms. The lowest BCUT2D eigenvalue weighted by molar-refractivity contribution is -0.262. The lowest BCUT2D eigenvalue weighted by Crippen LogP contribution is -2.71. The summed E-state index contributed by atoms with van der Waals surface area (Å²) in [4.78, 5) is 0. The zero-order valence-electron chi connectivity index (χ0n) is 14.5. The van der Waals surface area contributed by atoms with Gasteiger partial charge in [0.2, 0.25) is 0 Å². The molecule has 1 saturated heterocycles. The van der Waals surface area contributed by atoms with Gasteiger partial charge in [0.1, 0.15) is 12.2 Å². The topological polar surface area (TPSA) is 158 Å².